The predicted octanol–water partition coefficient (Wildman–Crippen LogP) is 3.21. The Labute approximate surface area is 81.0 Å². The third-order valence-electron chi connectivity index (χ3n) is 2.04. The average Bonchev–Trinajstić information content (AvgIpc) is 2.39. The minimum absolute atomic E-state index is 0.131. The van der Waals surface area contributed by atoms with E-state index in [-0.39, 0.29) is 5.78 Å². The van der Waals surface area contributed by atoms with Crippen molar-refractivity contribution in [3.05, 3.63) is 34.7 Å². The lowest BCUT2D eigenvalue weighted by Gasteiger charge is -1.92. The van der Waals surface area contributed by atoms with Crippen LogP contribution in [0, 0.1) is 13.0 Å². The van der Waals surface area contributed by atoms with Crippen molar-refractivity contribution in [1.82, 2.24) is 0 Å². The van der Waals surface area contributed by atoms with Gasteiger partial charge in [-0.05, 0) is 26.0 Å². The maximum absolute atomic E-state index is 11.3. The van der Waals surface area contributed by atoms with E-state index in [0.717, 1.165) is 20.5 Å². The van der Waals surface area contributed by atoms with Crippen molar-refractivity contribution < 1.29 is 4.79 Å². The molecular formula is C11H9OS. The third kappa shape index (κ3) is 1.27. The quantitative estimate of drug-likeness (QED) is 0.629. The molecule has 0 atom stereocenters. The van der Waals surface area contributed by atoms with Crippen LogP contribution in [-0.4, -0.2) is 5.78 Å². The van der Waals surface area contributed by atoms with Crippen LogP contribution in [-0.2, 0) is 0 Å². The maximum Gasteiger partial charge on any atom is 0.161 e. The molecule has 0 aliphatic rings. The van der Waals surface area contributed by atoms with Gasteiger partial charge in [-0.25, -0.2) is 0 Å². The van der Waals surface area contributed by atoms with Crippen molar-refractivity contribution in [1.29, 1.82) is 0 Å². The van der Waals surface area contributed by atoms with E-state index in [2.05, 4.69) is 6.07 Å². The van der Waals surface area contributed by atoms with Crippen molar-refractivity contribution >= 4 is 27.2 Å². The van der Waals surface area contributed by atoms with Gasteiger partial charge in [-0.3, -0.25) is 4.79 Å². The number of aryl methyl sites for hydroxylation is 1. The van der Waals surface area contributed by atoms with Gasteiger partial charge >= 0.3 is 0 Å². The summed E-state index contributed by atoms with van der Waals surface area (Å²) in [6.45, 7) is 3.59. The van der Waals surface area contributed by atoms with Gasteiger partial charge in [-0.1, -0.05) is 12.1 Å². The van der Waals surface area contributed by atoms with E-state index in [1.165, 1.54) is 0 Å². The van der Waals surface area contributed by atoms with E-state index >= 15 is 0 Å². The van der Waals surface area contributed by atoms with E-state index < -0.39 is 0 Å². The molecule has 0 aliphatic carbocycles. The zero-order valence-corrected chi connectivity index (χ0v) is 8.37. The summed E-state index contributed by atoms with van der Waals surface area (Å²) in [4.78, 5) is 12.4. The van der Waals surface area contributed by atoms with E-state index in [1.54, 1.807) is 18.3 Å². The van der Waals surface area contributed by atoms with Gasteiger partial charge in [0.1, 0.15) is 0 Å². The lowest BCUT2D eigenvalue weighted by atomic mass is 10.1. The molecule has 65 valence electrons. The number of hydrogen-bond acceptors (Lipinski definition) is 2. The molecular weight excluding hydrogens is 180 g/mol. The Kier molecular flexibility index (Phi) is 1.93. The molecule has 1 heterocycles. The molecule has 2 rings (SSSR count). The number of hydrogen-bond donors (Lipinski definition) is 0. The molecule has 1 aromatic carbocycles. The number of ketones is 1. The second-order valence-electron chi connectivity index (χ2n) is 3.00. The zero-order chi connectivity index (χ0) is 9.42. The first-order valence-electron chi connectivity index (χ1n) is 4.11. The highest BCUT2D eigenvalue weighted by Gasteiger charge is 2.11. The van der Waals surface area contributed by atoms with Crippen LogP contribution in [0.5, 0.6) is 0 Å². The number of Topliss-reactive ketones (excluding diaryl/α,β-unsaturated/α-hetero) is 1. The summed E-state index contributed by atoms with van der Waals surface area (Å²) in [5.74, 6) is 0.131. The molecule has 13 heavy (non-hydrogen) atoms. The fourth-order valence-corrected chi connectivity index (χ4v) is 2.61. The van der Waals surface area contributed by atoms with Gasteiger partial charge in [0, 0.05) is 20.5 Å². The van der Waals surface area contributed by atoms with Gasteiger partial charge in [0.15, 0.2) is 5.78 Å². The van der Waals surface area contributed by atoms with Crippen LogP contribution in [0.4, 0.5) is 0 Å². The maximum atomic E-state index is 11.3. The Morgan fingerprint density at radius 1 is 1.54 bits per heavy atom. The highest BCUT2D eigenvalue weighted by Crippen LogP contribution is 2.30. The highest BCUT2D eigenvalue weighted by molar-refractivity contribution is 7.19. The molecule has 0 N–H and O–H groups in total. The smallest absolute Gasteiger partial charge is 0.161 e. The van der Waals surface area contributed by atoms with Gasteiger partial charge in [0.05, 0.1) is 0 Å². The Bertz CT molecular complexity index is 468. The molecule has 0 aliphatic heterocycles. The standard InChI is InChI=1S/C11H9OS/c1-7(12)11-8(2)13-10-6-4-3-5-9(10)11/h3-4,6H,1-2H3. The number of fused-ring (bicyclic) bond motifs is 1. The fraction of sp³-hybridized carbons (Fsp3) is 0.182. The molecule has 2 aromatic rings. The first kappa shape index (κ1) is 8.45. The number of rotatable bonds is 1. The first-order valence-corrected chi connectivity index (χ1v) is 4.92. The molecule has 0 saturated carbocycles. The summed E-state index contributed by atoms with van der Waals surface area (Å²) in [5, 5.41) is 0.970. The number of benzene rings is 1. The fourth-order valence-electron chi connectivity index (χ4n) is 1.52. The summed E-state index contributed by atoms with van der Waals surface area (Å²) in [7, 11) is 0. The van der Waals surface area contributed by atoms with Crippen LogP contribution < -0.4 is 0 Å². The van der Waals surface area contributed by atoms with Crippen molar-refractivity contribution in [3.8, 4) is 0 Å². The van der Waals surface area contributed by atoms with Crippen LogP contribution in [0.15, 0.2) is 18.2 Å². The van der Waals surface area contributed by atoms with Gasteiger partial charge in [-0.2, -0.15) is 0 Å². The van der Waals surface area contributed by atoms with Crippen LogP contribution >= 0.6 is 11.3 Å². The molecule has 0 bridgehead atoms. The number of thiophene rings is 1. The Morgan fingerprint density at radius 3 is 3.00 bits per heavy atom. The first-order chi connectivity index (χ1) is 6.20. The van der Waals surface area contributed by atoms with Crippen molar-refractivity contribution in [3.63, 3.8) is 0 Å². The molecule has 1 radical (unpaired) electrons. The molecule has 0 saturated heterocycles. The molecule has 2 heteroatoms. The second-order valence-corrected chi connectivity index (χ2v) is 4.26. The van der Waals surface area contributed by atoms with Crippen molar-refractivity contribution in [2.24, 2.45) is 0 Å². The average molecular weight is 189 g/mol. The summed E-state index contributed by atoms with van der Waals surface area (Å²) in [5.41, 5.74) is 0.834. The van der Waals surface area contributed by atoms with E-state index in [1.807, 2.05) is 25.1 Å². The van der Waals surface area contributed by atoms with Gasteiger partial charge in [0.25, 0.3) is 0 Å². The minimum Gasteiger partial charge on any atom is -0.294 e. The van der Waals surface area contributed by atoms with Crippen molar-refractivity contribution in [2.75, 3.05) is 0 Å². The Hall–Kier alpha value is -1.15. The topological polar surface area (TPSA) is 17.1 Å². The zero-order valence-electron chi connectivity index (χ0n) is 7.55. The van der Waals surface area contributed by atoms with Gasteiger partial charge < -0.3 is 0 Å². The summed E-state index contributed by atoms with van der Waals surface area (Å²) in [6, 6.07) is 8.93. The Morgan fingerprint density at radius 2 is 2.31 bits per heavy atom. The Balaban J connectivity index is 2.86. The molecule has 1 aromatic heterocycles. The highest BCUT2D eigenvalue weighted by atomic mass is 32.1. The molecule has 0 spiro atoms. The summed E-state index contributed by atoms with van der Waals surface area (Å²) < 4.78 is 1.14. The summed E-state index contributed by atoms with van der Waals surface area (Å²) in [6.07, 6.45) is 0. The largest absolute Gasteiger partial charge is 0.294 e. The lowest BCUT2D eigenvalue weighted by Crippen LogP contribution is -1.91. The summed E-state index contributed by atoms with van der Waals surface area (Å²) >= 11 is 1.65. The van der Waals surface area contributed by atoms with E-state index in [4.69, 9.17) is 0 Å². The van der Waals surface area contributed by atoms with Crippen LogP contribution in [0.2, 0.25) is 0 Å². The number of carbonyl (C=O) groups excluding carboxylic acids is 1. The third-order valence-corrected chi connectivity index (χ3v) is 3.11. The molecule has 0 amide bonds. The minimum atomic E-state index is 0.131. The lowest BCUT2D eigenvalue weighted by molar-refractivity contribution is 0.101. The second kappa shape index (κ2) is 2.96. The van der Waals surface area contributed by atoms with Gasteiger partial charge in [-0.15, -0.1) is 11.3 Å². The van der Waals surface area contributed by atoms with Crippen LogP contribution in [0.3, 0.4) is 0 Å². The number of carbonyl (C=O) groups is 1. The monoisotopic (exact) mass is 189 g/mol. The van der Waals surface area contributed by atoms with Crippen LogP contribution in [0.1, 0.15) is 22.2 Å². The van der Waals surface area contributed by atoms with Gasteiger partial charge in [0.2, 0.25) is 0 Å². The van der Waals surface area contributed by atoms with Crippen molar-refractivity contribution in [2.45, 2.75) is 13.8 Å². The molecule has 1 nitrogen and oxygen atoms in total. The predicted molar refractivity (Wildman–Crippen MR) is 55.4 cm³/mol. The van der Waals surface area contributed by atoms with Crippen LogP contribution in [0.25, 0.3) is 10.1 Å². The molecule has 0 unspecified atom stereocenters. The normalized spacial score (nSPS) is 10.6. The SMILES string of the molecule is CC(=O)c1c(C)sc2ccc[c]c12. The molecule has 0 fully saturated rings. The van der Waals surface area contributed by atoms with E-state index in [9.17, 15) is 4.79 Å². The van der Waals surface area contributed by atoms with E-state index in [0.29, 0.717) is 0 Å².